The van der Waals surface area contributed by atoms with Crippen molar-refractivity contribution in [1.29, 1.82) is 0 Å². The number of nitro benzene ring substituents is 1. The second kappa shape index (κ2) is 6.23. The number of likely N-dealkylation sites (N-methyl/N-ethyl adjacent to an activating group) is 1. The van der Waals surface area contributed by atoms with Gasteiger partial charge in [0.15, 0.2) is 0 Å². The molecule has 0 aliphatic carbocycles. The lowest BCUT2D eigenvalue weighted by atomic mass is 9.96. The molecule has 4 N–H and O–H groups in total. The van der Waals surface area contributed by atoms with Crippen LogP contribution in [0.2, 0.25) is 0 Å². The fourth-order valence-electron chi connectivity index (χ4n) is 1.72. The Labute approximate surface area is 108 Å². The van der Waals surface area contributed by atoms with Crippen LogP contribution in [0.5, 0.6) is 0 Å². The number of carboxylic acids is 1. The number of nitro groups is 1. The van der Waals surface area contributed by atoms with E-state index in [0.29, 0.717) is 0 Å². The van der Waals surface area contributed by atoms with Gasteiger partial charge in [0.2, 0.25) is 0 Å². The third-order valence-corrected chi connectivity index (χ3v) is 2.58. The van der Waals surface area contributed by atoms with Crippen LogP contribution in [0.15, 0.2) is 18.2 Å². The summed E-state index contributed by atoms with van der Waals surface area (Å²) >= 11 is 0. The number of nitrogens with zero attached hydrogens (tertiary/aromatic N) is 1. The van der Waals surface area contributed by atoms with E-state index in [1.165, 1.54) is 13.1 Å². The SMILES string of the molecule is CNCC(O)C(O)c1c(C(=O)O)cccc1[N+](=O)[O-]. The second-order valence-corrected chi connectivity index (χ2v) is 3.87. The highest BCUT2D eigenvalue weighted by Crippen LogP contribution is 2.30. The topological polar surface area (TPSA) is 133 Å². The number of nitrogens with one attached hydrogen (secondary N) is 1. The van der Waals surface area contributed by atoms with E-state index in [1.54, 1.807) is 0 Å². The number of carboxylic acid groups (broad SMARTS) is 1. The van der Waals surface area contributed by atoms with Crippen LogP contribution in [0.3, 0.4) is 0 Å². The van der Waals surface area contributed by atoms with Crippen LogP contribution in [0.25, 0.3) is 0 Å². The van der Waals surface area contributed by atoms with E-state index >= 15 is 0 Å². The van der Waals surface area contributed by atoms with Crippen LogP contribution < -0.4 is 5.32 Å². The Bertz CT molecular complexity index is 458. The zero-order valence-corrected chi connectivity index (χ0v) is 10.1. The molecule has 104 valence electrons. The van der Waals surface area contributed by atoms with Crippen molar-refractivity contribution >= 4 is 11.7 Å². The van der Waals surface area contributed by atoms with Crippen molar-refractivity contribution in [2.24, 2.45) is 0 Å². The molecule has 0 fully saturated rings. The highest BCUT2D eigenvalue weighted by molar-refractivity contribution is 5.91. The Balaban J connectivity index is 3.36. The van der Waals surface area contributed by atoms with Gasteiger partial charge in [0, 0.05) is 12.6 Å². The number of benzene rings is 1. The van der Waals surface area contributed by atoms with Gasteiger partial charge in [-0.15, -0.1) is 0 Å². The van der Waals surface area contributed by atoms with Gasteiger partial charge in [-0.3, -0.25) is 10.1 Å². The summed E-state index contributed by atoms with van der Waals surface area (Å²) in [6.45, 7) is -0.0354. The molecule has 0 saturated heterocycles. The average Bonchev–Trinajstić information content (AvgIpc) is 2.36. The first-order chi connectivity index (χ1) is 8.90. The monoisotopic (exact) mass is 270 g/mol. The van der Waals surface area contributed by atoms with Gasteiger partial charge < -0.3 is 20.6 Å². The molecule has 0 spiro atoms. The Morgan fingerprint density at radius 2 is 2.11 bits per heavy atom. The smallest absolute Gasteiger partial charge is 0.336 e. The summed E-state index contributed by atoms with van der Waals surface area (Å²) in [5.41, 5.74) is -1.35. The van der Waals surface area contributed by atoms with Crippen LogP contribution in [0.4, 0.5) is 5.69 Å². The maximum Gasteiger partial charge on any atom is 0.336 e. The zero-order valence-electron chi connectivity index (χ0n) is 10.1. The third-order valence-electron chi connectivity index (χ3n) is 2.58. The number of rotatable bonds is 6. The van der Waals surface area contributed by atoms with Crippen LogP contribution in [0, 0.1) is 10.1 Å². The van der Waals surface area contributed by atoms with Crippen molar-refractivity contribution in [3.8, 4) is 0 Å². The van der Waals surface area contributed by atoms with E-state index in [1.807, 2.05) is 0 Å². The Hall–Kier alpha value is -2.03. The molecule has 1 rings (SSSR count). The molecule has 0 aliphatic rings. The molecule has 0 heterocycles. The van der Waals surface area contributed by atoms with E-state index in [4.69, 9.17) is 5.11 Å². The molecule has 8 nitrogen and oxygen atoms in total. The lowest BCUT2D eigenvalue weighted by Crippen LogP contribution is -2.31. The summed E-state index contributed by atoms with van der Waals surface area (Å²) in [5.74, 6) is -1.41. The Morgan fingerprint density at radius 3 is 2.58 bits per heavy atom. The summed E-state index contributed by atoms with van der Waals surface area (Å²) in [5, 5.41) is 42.1. The van der Waals surface area contributed by atoms with Crippen LogP contribution >= 0.6 is 0 Å². The highest BCUT2D eigenvalue weighted by atomic mass is 16.6. The van der Waals surface area contributed by atoms with E-state index in [9.17, 15) is 25.1 Å². The molecule has 19 heavy (non-hydrogen) atoms. The number of aliphatic hydroxyl groups excluding tert-OH is 2. The first-order valence-electron chi connectivity index (χ1n) is 5.41. The fraction of sp³-hybridized carbons (Fsp3) is 0.364. The predicted molar refractivity (Wildman–Crippen MR) is 64.9 cm³/mol. The van der Waals surface area contributed by atoms with Gasteiger partial charge in [0.05, 0.1) is 22.2 Å². The minimum atomic E-state index is -1.67. The predicted octanol–water partition coefficient (Wildman–Crippen LogP) is -0.0933. The lowest BCUT2D eigenvalue weighted by Gasteiger charge is -2.19. The number of carbonyl (C=O) groups is 1. The first-order valence-corrected chi connectivity index (χ1v) is 5.41. The van der Waals surface area contributed by atoms with Crippen LogP contribution in [0.1, 0.15) is 22.0 Å². The van der Waals surface area contributed by atoms with Gasteiger partial charge in [0.1, 0.15) is 6.10 Å². The normalized spacial score (nSPS) is 13.8. The number of hydrogen-bond donors (Lipinski definition) is 4. The van der Waals surface area contributed by atoms with Gasteiger partial charge >= 0.3 is 5.97 Å². The summed E-state index contributed by atoms with van der Waals surface area (Å²) in [6.07, 6.45) is -3.02. The number of hydrogen-bond acceptors (Lipinski definition) is 6. The quantitative estimate of drug-likeness (QED) is 0.419. The largest absolute Gasteiger partial charge is 0.478 e. The van der Waals surface area contributed by atoms with E-state index in [-0.39, 0.29) is 6.54 Å². The molecule has 1 aromatic carbocycles. The molecule has 2 atom stereocenters. The zero-order chi connectivity index (χ0) is 14.6. The van der Waals surface area contributed by atoms with Crippen molar-refractivity contribution in [2.45, 2.75) is 12.2 Å². The molecular formula is C11H14N2O6. The van der Waals surface area contributed by atoms with Crippen LogP contribution in [-0.4, -0.2) is 45.9 Å². The molecule has 8 heteroatoms. The molecule has 1 aromatic rings. The molecule has 2 unspecified atom stereocenters. The fourth-order valence-corrected chi connectivity index (χ4v) is 1.72. The van der Waals surface area contributed by atoms with Crippen molar-refractivity contribution in [2.75, 3.05) is 13.6 Å². The number of aromatic carboxylic acids is 1. The summed E-state index contributed by atoms with van der Waals surface area (Å²) in [6, 6.07) is 3.43. The van der Waals surface area contributed by atoms with Crippen molar-refractivity contribution in [1.82, 2.24) is 5.32 Å². The number of aliphatic hydroxyl groups is 2. The van der Waals surface area contributed by atoms with Crippen molar-refractivity contribution in [3.63, 3.8) is 0 Å². The van der Waals surface area contributed by atoms with E-state index < -0.39 is 39.9 Å². The van der Waals surface area contributed by atoms with Crippen LogP contribution in [-0.2, 0) is 0 Å². The Kier molecular flexibility index (Phi) is 4.93. The molecule has 0 radical (unpaired) electrons. The molecular weight excluding hydrogens is 256 g/mol. The first kappa shape index (κ1) is 15.0. The molecule has 0 amide bonds. The Morgan fingerprint density at radius 1 is 1.47 bits per heavy atom. The summed E-state index contributed by atoms with van der Waals surface area (Å²) in [4.78, 5) is 21.1. The van der Waals surface area contributed by atoms with Gasteiger partial charge in [-0.25, -0.2) is 4.79 Å². The van der Waals surface area contributed by atoms with E-state index in [0.717, 1.165) is 12.1 Å². The third kappa shape index (κ3) is 3.25. The van der Waals surface area contributed by atoms with Gasteiger partial charge in [-0.2, -0.15) is 0 Å². The molecule has 0 aromatic heterocycles. The van der Waals surface area contributed by atoms with Gasteiger partial charge in [0.25, 0.3) is 5.69 Å². The molecule has 0 bridgehead atoms. The second-order valence-electron chi connectivity index (χ2n) is 3.87. The lowest BCUT2D eigenvalue weighted by molar-refractivity contribution is -0.386. The maximum absolute atomic E-state index is 11.1. The van der Waals surface area contributed by atoms with Gasteiger partial charge in [-0.1, -0.05) is 6.07 Å². The minimum Gasteiger partial charge on any atom is -0.478 e. The molecule has 0 saturated carbocycles. The van der Waals surface area contributed by atoms with Crippen molar-refractivity contribution < 1.29 is 25.0 Å². The maximum atomic E-state index is 11.1. The average molecular weight is 270 g/mol. The van der Waals surface area contributed by atoms with E-state index in [2.05, 4.69) is 5.32 Å². The summed E-state index contributed by atoms with van der Waals surface area (Å²) in [7, 11) is 1.52. The minimum absolute atomic E-state index is 0.0354. The van der Waals surface area contributed by atoms with Gasteiger partial charge in [-0.05, 0) is 13.1 Å². The van der Waals surface area contributed by atoms with Crippen molar-refractivity contribution in [3.05, 3.63) is 39.4 Å². The molecule has 0 aliphatic heterocycles. The highest BCUT2D eigenvalue weighted by Gasteiger charge is 2.30. The summed E-state index contributed by atoms with van der Waals surface area (Å²) < 4.78 is 0. The standard InChI is InChI=1S/C11H14N2O6/c1-12-5-8(14)10(15)9-6(11(16)17)3-2-4-7(9)13(18)19/h2-4,8,10,12,14-15H,5H2,1H3,(H,16,17).